The van der Waals surface area contributed by atoms with Gasteiger partial charge in [-0.15, -0.1) is 0 Å². The van der Waals surface area contributed by atoms with Crippen LogP contribution in [0.25, 0.3) is 82.8 Å². The highest BCUT2D eigenvalue weighted by Gasteiger charge is 2.46. The minimum Gasteiger partial charge on any atom is -0.310 e. The van der Waals surface area contributed by atoms with Crippen LogP contribution in [0.1, 0.15) is 22.3 Å². The number of hydrogen-bond acceptors (Lipinski definition) is 1. The monoisotopic (exact) mass is 928 g/mol. The normalized spacial score (nSPS) is 12.5. The summed E-state index contributed by atoms with van der Waals surface area (Å²) in [5.41, 5.74) is 20.9. The summed E-state index contributed by atoms with van der Waals surface area (Å²) >= 11 is 0. The molecule has 0 spiro atoms. The van der Waals surface area contributed by atoms with Gasteiger partial charge in [-0.3, -0.25) is 0 Å². The molecular weight excluding hydrogens is 881 g/mol. The van der Waals surface area contributed by atoms with Gasteiger partial charge >= 0.3 is 0 Å². The smallest absolute Gasteiger partial charge is 0.0714 e. The Bertz CT molecular complexity index is 4150. The first-order valence-corrected chi connectivity index (χ1v) is 25.2. The number of anilines is 3. The summed E-state index contributed by atoms with van der Waals surface area (Å²) in [5.74, 6) is 0. The van der Waals surface area contributed by atoms with E-state index in [1.165, 1.54) is 93.8 Å². The molecule has 342 valence electrons. The van der Waals surface area contributed by atoms with Gasteiger partial charge < -0.3 is 9.47 Å². The molecule has 0 saturated carbocycles. The maximum Gasteiger partial charge on any atom is 0.0714 e. The van der Waals surface area contributed by atoms with Gasteiger partial charge in [0.15, 0.2) is 0 Å². The van der Waals surface area contributed by atoms with Gasteiger partial charge in [-0.05, 0) is 138 Å². The molecule has 12 aromatic carbocycles. The van der Waals surface area contributed by atoms with Gasteiger partial charge in [-0.25, -0.2) is 0 Å². The highest BCUT2D eigenvalue weighted by atomic mass is 15.1. The first-order chi connectivity index (χ1) is 36.2. The Morgan fingerprint density at radius 3 is 1.56 bits per heavy atom. The van der Waals surface area contributed by atoms with Crippen LogP contribution in [0.3, 0.4) is 0 Å². The van der Waals surface area contributed by atoms with Crippen molar-refractivity contribution in [2.45, 2.75) is 5.41 Å². The van der Waals surface area contributed by atoms with Gasteiger partial charge in [-0.1, -0.05) is 231 Å². The summed E-state index contributed by atoms with van der Waals surface area (Å²) in [6, 6.07) is 107. The second kappa shape index (κ2) is 17.4. The molecule has 0 fully saturated rings. The van der Waals surface area contributed by atoms with Crippen LogP contribution in [-0.2, 0) is 5.41 Å². The molecule has 0 amide bonds. The number of nitrogens with zero attached hydrogens (tertiary/aromatic N) is 2. The Balaban J connectivity index is 0.939. The Hall–Kier alpha value is -9.50. The van der Waals surface area contributed by atoms with Crippen LogP contribution in [0.5, 0.6) is 0 Å². The van der Waals surface area contributed by atoms with E-state index in [1.54, 1.807) is 0 Å². The quantitative estimate of drug-likeness (QED) is 0.140. The van der Waals surface area contributed by atoms with Crippen molar-refractivity contribution < 1.29 is 0 Å². The van der Waals surface area contributed by atoms with Crippen molar-refractivity contribution in [2.75, 3.05) is 4.90 Å². The van der Waals surface area contributed by atoms with E-state index in [4.69, 9.17) is 0 Å². The molecule has 0 bridgehead atoms. The van der Waals surface area contributed by atoms with E-state index in [1.807, 2.05) is 0 Å². The van der Waals surface area contributed by atoms with Crippen LogP contribution in [0, 0.1) is 0 Å². The van der Waals surface area contributed by atoms with Gasteiger partial charge in [0.05, 0.1) is 16.4 Å². The van der Waals surface area contributed by atoms with Crippen LogP contribution in [0.4, 0.5) is 17.1 Å². The summed E-state index contributed by atoms with van der Waals surface area (Å²) in [6.45, 7) is 0. The summed E-state index contributed by atoms with van der Waals surface area (Å²) in [5, 5.41) is 4.95. The zero-order chi connectivity index (χ0) is 48.3. The van der Waals surface area contributed by atoms with Gasteiger partial charge in [0, 0.05) is 33.5 Å². The van der Waals surface area contributed by atoms with E-state index < -0.39 is 5.41 Å². The van der Waals surface area contributed by atoms with Crippen LogP contribution >= 0.6 is 0 Å². The van der Waals surface area contributed by atoms with Crippen molar-refractivity contribution in [3.05, 3.63) is 313 Å². The topological polar surface area (TPSA) is 8.17 Å². The predicted octanol–water partition coefficient (Wildman–Crippen LogP) is 18.8. The summed E-state index contributed by atoms with van der Waals surface area (Å²) in [7, 11) is 0. The highest BCUT2D eigenvalue weighted by molar-refractivity contribution is 6.11. The maximum absolute atomic E-state index is 2.46. The second-order valence-corrected chi connectivity index (χ2v) is 19.2. The van der Waals surface area contributed by atoms with Crippen LogP contribution in [0.15, 0.2) is 291 Å². The molecule has 73 heavy (non-hydrogen) atoms. The molecule has 0 unspecified atom stereocenters. The lowest BCUT2D eigenvalue weighted by atomic mass is 9.67. The number of rotatable bonds is 9. The van der Waals surface area contributed by atoms with Gasteiger partial charge in [0.25, 0.3) is 0 Å². The van der Waals surface area contributed by atoms with E-state index in [0.29, 0.717) is 0 Å². The Labute approximate surface area is 426 Å². The average Bonchev–Trinajstić information content (AvgIpc) is 3.96. The van der Waals surface area contributed by atoms with E-state index >= 15 is 0 Å². The molecule has 14 rings (SSSR count). The molecule has 1 aliphatic carbocycles. The molecule has 1 heterocycles. The molecule has 2 nitrogen and oxygen atoms in total. The molecule has 0 radical (unpaired) electrons. The first kappa shape index (κ1) is 42.4. The summed E-state index contributed by atoms with van der Waals surface area (Å²) in [6.07, 6.45) is 0. The van der Waals surface area contributed by atoms with Gasteiger partial charge in [0.2, 0.25) is 0 Å². The van der Waals surface area contributed by atoms with Crippen molar-refractivity contribution in [1.82, 2.24) is 4.57 Å². The lowest BCUT2D eigenvalue weighted by molar-refractivity contribution is 0.768. The number of para-hydroxylation sites is 1. The lowest BCUT2D eigenvalue weighted by Gasteiger charge is -2.35. The largest absolute Gasteiger partial charge is 0.310 e. The highest BCUT2D eigenvalue weighted by Crippen LogP contribution is 2.57. The van der Waals surface area contributed by atoms with Crippen molar-refractivity contribution in [3.63, 3.8) is 0 Å². The molecule has 0 aliphatic heterocycles. The number of fused-ring (bicyclic) bond motifs is 7. The number of aromatic nitrogens is 1. The van der Waals surface area contributed by atoms with E-state index in [-0.39, 0.29) is 0 Å². The van der Waals surface area contributed by atoms with Crippen LogP contribution < -0.4 is 4.90 Å². The van der Waals surface area contributed by atoms with E-state index in [9.17, 15) is 0 Å². The molecule has 0 saturated heterocycles. The molecule has 13 aromatic rings. The van der Waals surface area contributed by atoms with Crippen molar-refractivity contribution in [2.24, 2.45) is 0 Å². The predicted molar refractivity (Wildman–Crippen MR) is 307 cm³/mol. The SMILES string of the molecule is c1ccc(-c2ccc(N(c3cccc(-c4ccccc4-c4ccc5c6ccccc6n(-c6ccc7ccccc7c6)c5c4)c3)c3ccc4c(c3)C(c3ccccc3)(c3ccccc3)c3ccccc3-4)cc2)cc1. The first-order valence-electron chi connectivity index (χ1n) is 25.2. The zero-order valence-corrected chi connectivity index (χ0v) is 40.1. The Morgan fingerprint density at radius 1 is 0.274 bits per heavy atom. The minimum absolute atomic E-state index is 0.533. The Morgan fingerprint density at radius 2 is 0.808 bits per heavy atom. The minimum atomic E-state index is -0.533. The van der Waals surface area contributed by atoms with E-state index in [0.717, 1.165) is 28.3 Å². The molecule has 2 heteroatoms. The molecule has 1 aromatic heterocycles. The fraction of sp³-hybridized carbons (Fsp3) is 0.0141. The molecule has 1 aliphatic rings. The third-order valence-corrected chi connectivity index (χ3v) is 15.3. The third kappa shape index (κ3) is 6.94. The average molecular weight is 929 g/mol. The fourth-order valence-electron chi connectivity index (χ4n) is 12.0. The van der Waals surface area contributed by atoms with E-state index in [2.05, 4.69) is 301 Å². The summed E-state index contributed by atoms with van der Waals surface area (Å²) < 4.78 is 2.43. The molecule has 0 N–H and O–H groups in total. The van der Waals surface area contributed by atoms with Crippen LogP contribution in [0.2, 0.25) is 0 Å². The maximum atomic E-state index is 2.46. The summed E-state index contributed by atoms with van der Waals surface area (Å²) in [4.78, 5) is 2.44. The van der Waals surface area contributed by atoms with Crippen molar-refractivity contribution >= 4 is 49.6 Å². The van der Waals surface area contributed by atoms with Crippen molar-refractivity contribution in [1.29, 1.82) is 0 Å². The fourth-order valence-corrected chi connectivity index (χ4v) is 12.0. The number of hydrogen-bond donors (Lipinski definition) is 0. The number of benzene rings is 12. The Kier molecular flexibility index (Phi) is 10.1. The van der Waals surface area contributed by atoms with Crippen LogP contribution in [-0.4, -0.2) is 4.57 Å². The second-order valence-electron chi connectivity index (χ2n) is 19.2. The molecule has 0 atom stereocenters. The standard InChI is InChI=1S/C71H48N2/c1-4-19-49(20-5-1)51-35-39-57(40-36-51)72(60-42-44-64-63-31-14-16-33-67(63)71(68(64)48-60,55-24-6-2-7-25-55)56-26-8-3-9-27-56)58-28-18-23-53(46-58)61-29-12-13-30-62(61)54-38-43-66-65-32-15-17-34-69(65)73(70(66)47-54)59-41-37-50-21-10-11-22-52(50)45-59/h1-48H. The van der Waals surface area contributed by atoms with Gasteiger partial charge in [0.1, 0.15) is 0 Å². The molecular formula is C71H48N2. The van der Waals surface area contributed by atoms with Crippen molar-refractivity contribution in [3.8, 4) is 50.2 Å². The zero-order valence-electron chi connectivity index (χ0n) is 40.1. The lowest BCUT2D eigenvalue weighted by Crippen LogP contribution is -2.28. The van der Waals surface area contributed by atoms with Gasteiger partial charge in [-0.2, -0.15) is 0 Å². The third-order valence-electron chi connectivity index (χ3n) is 15.3.